The zero-order chi connectivity index (χ0) is 17.8. The maximum Gasteiger partial charge on any atom is 0.433 e. The van der Waals surface area contributed by atoms with Crippen molar-refractivity contribution in [3.63, 3.8) is 0 Å². The molecule has 4 rings (SSSR count). The standard InChI is InChI=1S/C17H10ClF3N4/c1-25-13-8-22-14(17(19,20)21)7-12(13)24-16(25)15-10(18)6-9-4-2-3-5-11(9)23-15/h2-8H,1H3. The summed E-state index contributed by atoms with van der Waals surface area (Å²) in [6.45, 7) is 0. The van der Waals surface area contributed by atoms with E-state index in [1.807, 2.05) is 24.3 Å². The lowest BCUT2D eigenvalue weighted by Crippen LogP contribution is -2.07. The Morgan fingerprint density at radius 2 is 1.80 bits per heavy atom. The predicted molar refractivity (Wildman–Crippen MR) is 89.3 cm³/mol. The van der Waals surface area contributed by atoms with E-state index in [0.717, 1.165) is 23.2 Å². The highest BCUT2D eigenvalue weighted by molar-refractivity contribution is 6.33. The van der Waals surface area contributed by atoms with Gasteiger partial charge in [0.25, 0.3) is 0 Å². The Morgan fingerprint density at radius 3 is 2.56 bits per heavy atom. The van der Waals surface area contributed by atoms with Gasteiger partial charge >= 0.3 is 6.18 Å². The molecule has 0 saturated carbocycles. The minimum atomic E-state index is -4.52. The van der Waals surface area contributed by atoms with Gasteiger partial charge in [0, 0.05) is 12.4 Å². The van der Waals surface area contributed by atoms with Crippen LogP contribution in [0.3, 0.4) is 0 Å². The summed E-state index contributed by atoms with van der Waals surface area (Å²) in [6, 6.07) is 10.1. The fourth-order valence-electron chi connectivity index (χ4n) is 2.70. The van der Waals surface area contributed by atoms with E-state index in [0.29, 0.717) is 22.1 Å². The first-order valence-corrected chi connectivity index (χ1v) is 7.68. The van der Waals surface area contributed by atoms with E-state index in [2.05, 4.69) is 15.0 Å². The van der Waals surface area contributed by atoms with Gasteiger partial charge in [0.1, 0.15) is 11.4 Å². The van der Waals surface area contributed by atoms with Crippen LogP contribution in [0.15, 0.2) is 42.6 Å². The van der Waals surface area contributed by atoms with Gasteiger partial charge in [-0.25, -0.2) is 15.0 Å². The summed E-state index contributed by atoms with van der Waals surface area (Å²) >= 11 is 6.33. The Labute approximate surface area is 144 Å². The molecule has 4 nitrogen and oxygen atoms in total. The minimum Gasteiger partial charge on any atom is -0.324 e. The van der Waals surface area contributed by atoms with Gasteiger partial charge in [-0.05, 0) is 18.2 Å². The smallest absolute Gasteiger partial charge is 0.324 e. The minimum absolute atomic E-state index is 0.186. The summed E-state index contributed by atoms with van der Waals surface area (Å²) < 4.78 is 40.2. The molecule has 8 heteroatoms. The van der Waals surface area contributed by atoms with E-state index >= 15 is 0 Å². The van der Waals surface area contributed by atoms with Gasteiger partial charge in [0.2, 0.25) is 0 Å². The van der Waals surface area contributed by atoms with Crippen LogP contribution in [0.2, 0.25) is 5.02 Å². The topological polar surface area (TPSA) is 43.6 Å². The number of fused-ring (bicyclic) bond motifs is 2. The maximum absolute atomic E-state index is 12.9. The SMILES string of the molecule is Cn1c(-c2nc3ccccc3cc2Cl)nc2cc(C(F)(F)F)ncc21. The second-order valence-electron chi connectivity index (χ2n) is 5.56. The number of aromatic nitrogens is 4. The lowest BCUT2D eigenvalue weighted by molar-refractivity contribution is -0.141. The number of hydrogen-bond donors (Lipinski definition) is 0. The molecule has 0 saturated heterocycles. The van der Waals surface area contributed by atoms with Crippen molar-refractivity contribution in [3.05, 3.63) is 53.3 Å². The summed E-state index contributed by atoms with van der Waals surface area (Å²) in [5.41, 5.74) is 0.804. The number of rotatable bonds is 1. The van der Waals surface area contributed by atoms with Crippen molar-refractivity contribution in [1.29, 1.82) is 0 Å². The van der Waals surface area contributed by atoms with Crippen molar-refractivity contribution < 1.29 is 13.2 Å². The van der Waals surface area contributed by atoms with Crippen molar-refractivity contribution in [1.82, 2.24) is 19.5 Å². The van der Waals surface area contributed by atoms with E-state index in [9.17, 15) is 13.2 Å². The number of hydrogen-bond acceptors (Lipinski definition) is 3. The molecule has 1 aromatic carbocycles. The third-order valence-corrected chi connectivity index (χ3v) is 4.24. The molecular formula is C17H10ClF3N4. The quantitative estimate of drug-likeness (QED) is 0.486. The van der Waals surface area contributed by atoms with Gasteiger partial charge in [-0.15, -0.1) is 0 Å². The van der Waals surface area contributed by atoms with Crippen LogP contribution < -0.4 is 0 Å². The van der Waals surface area contributed by atoms with Gasteiger partial charge in [-0.3, -0.25) is 0 Å². The Morgan fingerprint density at radius 1 is 1.04 bits per heavy atom. The number of pyridine rings is 2. The normalized spacial score (nSPS) is 12.2. The first kappa shape index (κ1) is 15.8. The largest absolute Gasteiger partial charge is 0.433 e. The van der Waals surface area contributed by atoms with E-state index in [4.69, 9.17) is 11.6 Å². The summed E-state index contributed by atoms with van der Waals surface area (Å²) in [5.74, 6) is 0.381. The summed E-state index contributed by atoms with van der Waals surface area (Å²) in [6.07, 6.45) is -3.37. The fourth-order valence-corrected chi connectivity index (χ4v) is 2.95. The highest BCUT2D eigenvalue weighted by Crippen LogP contribution is 2.33. The average Bonchev–Trinajstić information content (AvgIpc) is 2.90. The molecule has 0 aliphatic rings. The van der Waals surface area contributed by atoms with Crippen LogP contribution in [-0.4, -0.2) is 19.5 Å². The van der Waals surface area contributed by atoms with Gasteiger partial charge in [0.05, 0.1) is 27.8 Å². The summed E-state index contributed by atoms with van der Waals surface area (Å²) in [4.78, 5) is 12.3. The molecule has 25 heavy (non-hydrogen) atoms. The molecule has 0 spiro atoms. The van der Waals surface area contributed by atoms with Gasteiger partial charge in [0.15, 0.2) is 5.82 Å². The van der Waals surface area contributed by atoms with E-state index < -0.39 is 11.9 Å². The van der Waals surface area contributed by atoms with Gasteiger partial charge in [-0.1, -0.05) is 29.8 Å². The molecule has 4 aromatic rings. The molecule has 0 amide bonds. The number of para-hydroxylation sites is 1. The number of nitrogens with zero attached hydrogens (tertiary/aromatic N) is 4. The van der Waals surface area contributed by atoms with Crippen molar-refractivity contribution >= 4 is 33.5 Å². The zero-order valence-corrected chi connectivity index (χ0v) is 13.6. The predicted octanol–water partition coefficient (Wildman–Crippen LogP) is 4.86. The molecule has 3 heterocycles. The second-order valence-corrected chi connectivity index (χ2v) is 5.97. The maximum atomic E-state index is 12.9. The van der Waals surface area contributed by atoms with Crippen LogP contribution >= 0.6 is 11.6 Å². The third kappa shape index (κ3) is 2.60. The average molecular weight is 363 g/mol. The lowest BCUT2D eigenvalue weighted by atomic mass is 10.2. The van der Waals surface area contributed by atoms with Crippen molar-refractivity contribution in [2.45, 2.75) is 6.18 Å². The molecule has 0 N–H and O–H groups in total. The summed E-state index contributed by atoms with van der Waals surface area (Å²) in [7, 11) is 1.69. The van der Waals surface area contributed by atoms with Crippen LogP contribution in [-0.2, 0) is 13.2 Å². The Bertz CT molecular complexity index is 1120. The van der Waals surface area contributed by atoms with Crippen LogP contribution in [0, 0.1) is 0 Å². The number of imidazole rings is 1. The fraction of sp³-hybridized carbons (Fsp3) is 0.118. The second kappa shape index (κ2) is 5.42. The first-order valence-electron chi connectivity index (χ1n) is 7.30. The molecule has 126 valence electrons. The van der Waals surface area contributed by atoms with E-state index in [1.165, 1.54) is 0 Å². The molecule has 0 unspecified atom stereocenters. The Hall–Kier alpha value is -2.67. The molecule has 3 aromatic heterocycles. The van der Waals surface area contributed by atoms with Crippen molar-refractivity contribution in [2.75, 3.05) is 0 Å². The molecule has 0 atom stereocenters. The van der Waals surface area contributed by atoms with Crippen LogP contribution in [0.5, 0.6) is 0 Å². The van der Waals surface area contributed by atoms with Crippen molar-refractivity contribution in [2.24, 2.45) is 7.05 Å². The highest BCUT2D eigenvalue weighted by atomic mass is 35.5. The van der Waals surface area contributed by atoms with Gasteiger partial charge in [-0.2, -0.15) is 13.2 Å². The molecule has 0 bridgehead atoms. The van der Waals surface area contributed by atoms with E-state index in [1.54, 1.807) is 17.7 Å². The van der Waals surface area contributed by atoms with Crippen LogP contribution in [0.1, 0.15) is 5.69 Å². The number of benzene rings is 1. The first-order chi connectivity index (χ1) is 11.8. The van der Waals surface area contributed by atoms with Crippen molar-refractivity contribution in [3.8, 4) is 11.5 Å². The van der Waals surface area contributed by atoms with Gasteiger partial charge < -0.3 is 4.57 Å². The molecule has 0 radical (unpaired) electrons. The third-order valence-electron chi connectivity index (χ3n) is 3.95. The molecular weight excluding hydrogens is 353 g/mol. The van der Waals surface area contributed by atoms with Crippen LogP contribution in [0.25, 0.3) is 33.5 Å². The lowest BCUT2D eigenvalue weighted by Gasteiger charge is -2.06. The number of alkyl halides is 3. The molecule has 0 fully saturated rings. The number of halogens is 4. The van der Waals surface area contributed by atoms with Crippen LogP contribution in [0.4, 0.5) is 13.2 Å². The monoisotopic (exact) mass is 362 g/mol. The highest BCUT2D eigenvalue weighted by Gasteiger charge is 2.33. The van der Waals surface area contributed by atoms with E-state index in [-0.39, 0.29) is 5.52 Å². The zero-order valence-electron chi connectivity index (χ0n) is 12.8. The Kier molecular flexibility index (Phi) is 3.43. The molecule has 0 aliphatic carbocycles. The Balaban J connectivity index is 1.95. The molecule has 0 aliphatic heterocycles. The summed E-state index contributed by atoms with van der Waals surface area (Å²) in [5, 5.41) is 1.25. The number of aryl methyl sites for hydroxylation is 1.